The molecule has 0 heteroatoms. The summed E-state index contributed by atoms with van der Waals surface area (Å²) in [5.74, 6) is 2.91. The molecule has 0 atom stereocenters. The third-order valence-electron chi connectivity index (χ3n) is 3.54. The van der Waals surface area contributed by atoms with Crippen LogP contribution in [0.4, 0.5) is 0 Å². The molecule has 76 valence electrons. The summed E-state index contributed by atoms with van der Waals surface area (Å²) in [6.07, 6.45) is 11.7. The first kappa shape index (κ1) is 10.8. The highest BCUT2D eigenvalue weighted by Gasteiger charge is 2.21. The number of rotatable bonds is 3. The van der Waals surface area contributed by atoms with E-state index >= 15 is 0 Å². The summed E-state index contributed by atoms with van der Waals surface area (Å²) < 4.78 is 0. The van der Waals surface area contributed by atoms with Gasteiger partial charge in [0.25, 0.3) is 0 Å². The van der Waals surface area contributed by atoms with Crippen LogP contribution >= 0.6 is 0 Å². The zero-order valence-electron chi connectivity index (χ0n) is 9.42. The topological polar surface area (TPSA) is 0 Å². The Morgan fingerprint density at radius 2 is 1.77 bits per heavy atom. The zero-order chi connectivity index (χ0) is 9.68. The van der Waals surface area contributed by atoms with Crippen molar-refractivity contribution in [3.8, 4) is 0 Å². The molecule has 0 aromatic carbocycles. The van der Waals surface area contributed by atoms with Crippen molar-refractivity contribution in [2.24, 2.45) is 17.8 Å². The third-order valence-corrected chi connectivity index (χ3v) is 3.54. The molecular formula is C13H24. The quantitative estimate of drug-likeness (QED) is 0.564. The van der Waals surface area contributed by atoms with Crippen LogP contribution in [0, 0.1) is 17.8 Å². The second-order valence-electron chi connectivity index (χ2n) is 4.83. The van der Waals surface area contributed by atoms with Crippen molar-refractivity contribution in [3.05, 3.63) is 12.2 Å². The minimum absolute atomic E-state index is 0.905. The predicted molar refractivity (Wildman–Crippen MR) is 59.7 cm³/mol. The molecule has 0 N–H and O–H groups in total. The minimum Gasteiger partial charge on any atom is -0.0917 e. The van der Waals surface area contributed by atoms with Gasteiger partial charge in [0.15, 0.2) is 0 Å². The van der Waals surface area contributed by atoms with Crippen LogP contribution in [0.25, 0.3) is 0 Å². The Bertz CT molecular complexity index is 147. The molecule has 0 bridgehead atoms. The molecular weight excluding hydrogens is 156 g/mol. The average molecular weight is 180 g/mol. The summed E-state index contributed by atoms with van der Waals surface area (Å²) >= 11 is 0. The van der Waals surface area contributed by atoms with Gasteiger partial charge in [-0.2, -0.15) is 0 Å². The molecule has 1 saturated carbocycles. The van der Waals surface area contributed by atoms with Gasteiger partial charge >= 0.3 is 0 Å². The van der Waals surface area contributed by atoms with Gasteiger partial charge in [-0.3, -0.25) is 0 Å². The molecule has 1 fully saturated rings. The normalized spacial score (nSPS) is 30.2. The van der Waals surface area contributed by atoms with Gasteiger partial charge in [0.1, 0.15) is 0 Å². The minimum atomic E-state index is 0.905. The van der Waals surface area contributed by atoms with Gasteiger partial charge in [0, 0.05) is 0 Å². The molecule has 0 unspecified atom stereocenters. The number of hydrogen-bond donors (Lipinski definition) is 0. The van der Waals surface area contributed by atoms with Crippen molar-refractivity contribution in [1.29, 1.82) is 0 Å². The van der Waals surface area contributed by atoms with E-state index in [0.717, 1.165) is 17.8 Å². The molecule has 0 heterocycles. The van der Waals surface area contributed by atoms with Gasteiger partial charge in [0.05, 0.1) is 0 Å². The maximum absolute atomic E-state index is 2.37. The maximum Gasteiger partial charge on any atom is -0.0322 e. The zero-order valence-corrected chi connectivity index (χ0v) is 9.42. The molecule has 0 aromatic heterocycles. The Morgan fingerprint density at radius 3 is 2.23 bits per heavy atom. The van der Waals surface area contributed by atoms with Crippen LogP contribution in [0.3, 0.4) is 0 Å². The third kappa shape index (κ3) is 3.54. The molecule has 0 saturated heterocycles. The van der Waals surface area contributed by atoms with E-state index in [-0.39, 0.29) is 0 Å². The highest BCUT2D eigenvalue weighted by Crippen LogP contribution is 2.34. The Labute approximate surface area is 83.4 Å². The predicted octanol–water partition coefficient (Wildman–Crippen LogP) is 4.42. The maximum atomic E-state index is 2.37. The Hall–Kier alpha value is -0.260. The van der Waals surface area contributed by atoms with Crippen LogP contribution in [-0.4, -0.2) is 0 Å². The first-order valence-electron chi connectivity index (χ1n) is 5.85. The van der Waals surface area contributed by atoms with Gasteiger partial charge in [0.2, 0.25) is 0 Å². The molecule has 1 aliphatic rings. The lowest BCUT2D eigenvalue weighted by Crippen LogP contribution is -2.18. The lowest BCUT2D eigenvalue weighted by molar-refractivity contribution is 0.225. The summed E-state index contributed by atoms with van der Waals surface area (Å²) in [4.78, 5) is 0. The van der Waals surface area contributed by atoms with Crippen molar-refractivity contribution in [3.63, 3.8) is 0 Å². The lowest BCUT2D eigenvalue weighted by atomic mass is 9.76. The van der Waals surface area contributed by atoms with Crippen LogP contribution in [0.15, 0.2) is 12.2 Å². The molecule has 13 heavy (non-hydrogen) atoms. The highest BCUT2D eigenvalue weighted by molar-refractivity contribution is 4.83. The summed E-state index contributed by atoms with van der Waals surface area (Å²) in [7, 11) is 0. The lowest BCUT2D eigenvalue weighted by Gasteiger charge is -2.30. The largest absolute Gasteiger partial charge is 0.0917 e. The Morgan fingerprint density at radius 1 is 1.15 bits per heavy atom. The van der Waals surface area contributed by atoms with Gasteiger partial charge in [-0.25, -0.2) is 0 Å². The van der Waals surface area contributed by atoms with E-state index in [4.69, 9.17) is 0 Å². The van der Waals surface area contributed by atoms with Crippen LogP contribution in [0.1, 0.15) is 52.9 Å². The molecule has 0 spiro atoms. The van der Waals surface area contributed by atoms with Crippen molar-refractivity contribution in [2.45, 2.75) is 52.9 Å². The van der Waals surface area contributed by atoms with E-state index in [1.165, 1.54) is 32.1 Å². The standard InChI is InChI=1S/C13H24/c1-4-5-6-12-7-9-13(10-8-12)11(2)3/h4-5,11-13H,6-10H2,1-3H3/b5-4-. The van der Waals surface area contributed by atoms with E-state index in [9.17, 15) is 0 Å². The number of hydrogen-bond acceptors (Lipinski definition) is 0. The average Bonchev–Trinajstić information content (AvgIpc) is 2.15. The smallest absolute Gasteiger partial charge is 0.0322 e. The molecule has 0 radical (unpaired) electrons. The van der Waals surface area contributed by atoms with Crippen molar-refractivity contribution < 1.29 is 0 Å². The highest BCUT2D eigenvalue weighted by atomic mass is 14.3. The van der Waals surface area contributed by atoms with E-state index in [1.807, 2.05) is 0 Å². The van der Waals surface area contributed by atoms with E-state index in [0.29, 0.717) is 0 Å². The molecule has 0 aromatic rings. The molecule has 1 aliphatic carbocycles. The molecule has 0 nitrogen and oxygen atoms in total. The summed E-state index contributed by atoms with van der Waals surface area (Å²) in [6.45, 7) is 6.87. The second-order valence-corrected chi connectivity index (χ2v) is 4.83. The first-order valence-corrected chi connectivity index (χ1v) is 5.85. The van der Waals surface area contributed by atoms with Gasteiger partial charge < -0.3 is 0 Å². The SMILES string of the molecule is C/C=C\CC1CCC(C(C)C)CC1. The van der Waals surface area contributed by atoms with Crippen LogP contribution in [0.2, 0.25) is 0 Å². The van der Waals surface area contributed by atoms with Crippen molar-refractivity contribution in [2.75, 3.05) is 0 Å². The molecule has 1 rings (SSSR count). The van der Waals surface area contributed by atoms with E-state index in [1.54, 1.807) is 0 Å². The van der Waals surface area contributed by atoms with Crippen LogP contribution < -0.4 is 0 Å². The van der Waals surface area contributed by atoms with E-state index < -0.39 is 0 Å². The van der Waals surface area contributed by atoms with Gasteiger partial charge in [-0.15, -0.1) is 0 Å². The van der Waals surface area contributed by atoms with Crippen LogP contribution in [0.5, 0.6) is 0 Å². The monoisotopic (exact) mass is 180 g/mol. The summed E-state index contributed by atoms with van der Waals surface area (Å²) in [5.41, 5.74) is 0. The summed E-state index contributed by atoms with van der Waals surface area (Å²) in [6, 6.07) is 0. The number of allylic oxidation sites excluding steroid dienone is 2. The molecule has 0 amide bonds. The Balaban J connectivity index is 2.22. The van der Waals surface area contributed by atoms with Crippen LogP contribution in [-0.2, 0) is 0 Å². The molecule has 0 aliphatic heterocycles. The second kappa shape index (κ2) is 5.47. The van der Waals surface area contributed by atoms with Crippen molar-refractivity contribution in [1.82, 2.24) is 0 Å². The van der Waals surface area contributed by atoms with Crippen molar-refractivity contribution >= 4 is 0 Å². The van der Waals surface area contributed by atoms with Gasteiger partial charge in [-0.05, 0) is 56.8 Å². The first-order chi connectivity index (χ1) is 6.24. The fourth-order valence-electron chi connectivity index (χ4n) is 2.42. The summed E-state index contributed by atoms with van der Waals surface area (Å²) in [5, 5.41) is 0. The fourth-order valence-corrected chi connectivity index (χ4v) is 2.42. The van der Waals surface area contributed by atoms with E-state index in [2.05, 4.69) is 32.9 Å². The Kier molecular flexibility index (Phi) is 4.55. The fraction of sp³-hybridized carbons (Fsp3) is 0.846. The van der Waals surface area contributed by atoms with Gasteiger partial charge in [-0.1, -0.05) is 26.0 Å².